The van der Waals surface area contributed by atoms with E-state index in [1.54, 1.807) is 18.1 Å². The van der Waals surface area contributed by atoms with Crippen LogP contribution in [0.1, 0.15) is 28.3 Å². The molecule has 1 N–H and O–H groups in total. The third-order valence-electron chi connectivity index (χ3n) is 5.37. The highest BCUT2D eigenvalue weighted by atomic mass is 32.1. The Labute approximate surface area is 198 Å². The maximum Gasteiger partial charge on any atom is 0.490 e. The molecule has 184 valence electrons. The number of aromatic nitrogens is 1. The van der Waals surface area contributed by atoms with Crippen LogP contribution < -0.4 is 0 Å². The monoisotopic (exact) mass is 498 g/mol. The van der Waals surface area contributed by atoms with Crippen LogP contribution in [0.2, 0.25) is 0 Å². The maximum absolute atomic E-state index is 12.7. The molecule has 0 aliphatic carbocycles. The summed E-state index contributed by atoms with van der Waals surface area (Å²) >= 11 is 1.84. The molecule has 4 rings (SSSR count). The number of pyridine rings is 1. The van der Waals surface area contributed by atoms with E-state index in [1.165, 1.54) is 9.75 Å². The second-order valence-corrected chi connectivity index (χ2v) is 9.62. The van der Waals surface area contributed by atoms with Crippen molar-refractivity contribution in [3.05, 3.63) is 52.0 Å². The van der Waals surface area contributed by atoms with Gasteiger partial charge in [-0.15, -0.1) is 11.3 Å². The molecule has 1 unspecified atom stereocenters. The Balaban J connectivity index is 0.000000406. The van der Waals surface area contributed by atoms with Gasteiger partial charge in [0.15, 0.2) is 5.60 Å². The Kier molecular flexibility index (Phi) is 7.93. The second-order valence-electron chi connectivity index (χ2n) is 8.25. The lowest BCUT2D eigenvalue weighted by molar-refractivity contribution is -0.192. The molecule has 34 heavy (non-hydrogen) atoms. The fraction of sp³-hybridized carbons (Fsp3) is 0.455. The first-order valence-electron chi connectivity index (χ1n) is 10.5. The van der Waals surface area contributed by atoms with Crippen molar-refractivity contribution in [2.75, 3.05) is 20.1 Å². The molecule has 12 heteroatoms. The first kappa shape index (κ1) is 25.6. The number of hydrogen-bond acceptors (Lipinski definition) is 7. The zero-order valence-electron chi connectivity index (χ0n) is 18.7. The van der Waals surface area contributed by atoms with E-state index in [0.717, 1.165) is 31.7 Å². The number of likely N-dealkylation sites (tertiary alicyclic amines) is 1. The minimum absolute atomic E-state index is 0.0788. The summed E-state index contributed by atoms with van der Waals surface area (Å²) in [5, 5.41) is 11.3. The molecule has 1 amide bonds. The summed E-state index contributed by atoms with van der Waals surface area (Å²) in [5.41, 5.74) is 1.03. The lowest BCUT2D eigenvalue weighted by atomic mass is 9.96. The van der Waals surface area contributed by atoms with Crippen LogP contribution in [0.25, 0.3) is 0 Å². The van der Waals surface area contributed by atoms with Gasteiger partial charge < -0.3 is 14.8 Å². The Bertz CT molecular complexity index is 1040. The fourth-order valence-electron chi connectivity index (χ4n) is 3.73. The molecule has 2 aromatic rings. The Morgan fingerprint density at radius 3 is 2.62 bits per heavy atom. The van der Waals surface area contributed by atoms with Gasteiger partial charge in [-0.2, -0.15) is 13.2 Å². The zero-order chi connectivity index (χ0) is 24.9. The van der Waals surface area contributed by atoms with Crippen molar-refractivity contribution >= 4 is 28.9 Å². The quantitative estimate of drug-likeness (QED) is 0.679. The SMILES string of the molecule is Cc1ccc(CN2CCC3(CC(C(=O)N(C)Cc4ccccn4)=NO3)C2)s1.O=C(O)C(F)(F)F. The smallest absolute Gasteiger partial charge is 0.475 e. The number of thiophene rings is 1. The van der Waals surface area contributed by atoms with Crippen molar-refractivity contribution < 1.29 is 32.7 Å². The van der Waals surface area contributed by atoms with E-state index in [1.807, 2.05) is 29.5 Å². The van der Waals surface area contributed by atoms with Gasteiger partial charge >= 0.3 is 12.1 Å². The molecular formula is C22H25F3N4O4S. The molecule has 0 bridgehead atoms. The first-order valence-corrected chi connectivity index (χ1v) is 11.3. The number of carbonyl (C=O) groups excluding carboxylic acids is 1. The van der Waals surface area contributed by atoms with E-state index in [-0.39, 0.29) is 11.5 Å². The van der Waals surface area contributed by atoms with Crippen LogP contribution in [-0.2, 0) is 27.5 Å². The van der Waals surface area contributed by atoms with Gasteiger partial charge in [0.1, 0.15) is 5.71 Å². The Morgan fingerprint density at radius 1 is 1.29 bits per heavy atom. The van der Waals surface area contributed by atoms with Crippen molar-refractivity contribution in [2.24, 2.45) is 5.16 Å². The van der Waals surface area contributed by atoms with Gasteiger partial charge in [0.25, 0.3) is 5.91 Å². The highest BCUT2D eigenvalue weighted by Crippen LogP contribution is 2.35. The van der Waals surface area contributed by atoms with Crippen molar-refractivity contribution in [3.8, 4) is 0 Å². The number of nitrogens with zero attached hydrogens (tertiary/aromatic N) is 4. The summed E-state index contributed by atoms with van der Waals surface area (Å²) in [6, 6.07) is 10.1. The molecular weight excluding hydrogens is 473 g/mol. The summed E-state index contributed by atoms with van der Waals surface area (Å²) < 4.78 is 31.7. The topological polar surface area (TPSA) is 95.3 Å². The van der Waals surface area contributed by atoms with E-state index in [9.17, 15) is 18.0 Å². The van der Waals surface area contributed by atoms with Crippen molar-refractivity contribution in [3.63, 3.8) is 0 Å². The zero-order valence-corrected chi connectivity index (χ0v) is 19.5. The molecule has 2 aliphatic rings. The fourth-order valence-corrected chi connectivity index (χ4v) is 4.67. The third kappa shape index (κ3) is 6.76. The van der Waals surface area contributed by atoms with Crippen molar-refractivity contribution in [1.82, 2.24) is 14.8 Å². The number of aryl methyl sites for hydroxylation is 1. The Hall–Kier alpha value is -2.99. The van der Waals surface area contributed by atoms with Crippen LogP contribution >= 0.6 is 11.3 Å². The molecule has 1 fully saturated rings. The van der Waals surface area contributed by atoms with Crippen LogP contribution in [-0.4, -0.2) is 69.4 Å². The predicted molar refractivity (Wildman–Crippen MR) is 119 cm³/mol. The molecule has 1 saturated heterocycles. The average molecular weight is 499 g/mol. The highest BCUT2D eigenvalue weighted by Gasteiger charge is 2.47. The van der Waals surface area contributed by atoms with Crippen molar-refractivity contribution in [2.45, 2.75) is 44.6 Å². The van der Waals surface area contributed by atoms with Gasteiger partial charge in [0.2, 0.25) is 0 Å². The number of carbonyl (C=O) groups is 2. The van der Waals surface area contributed by atoms with Crippen LogP contribution in [0.4, 0.5) is 13.2 Å². The van der Waals surface area contributed by atoms with E-state index >= 15 is 0 Å². The lowest BCUT2D eigenvalue weighted by Crippen LogP contribution is -2.37. The number of rotatable bonds is 5. The largest absolute Gasteiger partial charge is 0.490 e. The Morgan fingerprint density at radius 2 is 2.03 bits per heavy atom. The molecule has 2 aromatic heterocycles. The number of amides is 1. The van der Waals surface area contributed by atoms with E-state index < -0.39 is 12.1 Å². The van der Waals surface area contributed by atoms with E-state index in [4.69, 9.17) is 14.7 Å². The summed E-state index contributed by atoms with van der Waals surface area (Å²) in [4.78, 5) is 38.5. The van der Waals surface area contributed by atoms with Crippen LogP contribution in [0.15, 0.2) is 41.7 Å². The third-order valence-corrected chi connectivity index (χ3v) is 6.36. The van der Waals surface area contributed by atoms with Gasteiger partial charge in [-0.1, -0.05) is 11.2 Å². The van der Waals surface area contributed by atoms with Gasteiger partial charge in [-0.05, 0) is 31.2 Å². The normalized spacial score (nSPS) is 19.9. The van der Waals surface area contributed by atoms with Gasteiger partial charge in [0, 0.05) is 55.5 Å². The molecule has 1 atom stereocenters. The first-order chi connectivity index (χ1) is 16.0. The maximum atomic E-state index is 12.7. The summed E-state index contributed by atoms with van der Waals surface area (Å²) in [6.07, 6.45) is -1.86. The number of carboxylic acids is 1. The number of aliphatic carboxylic acids is 1. The standard InChI is InChI=1S/C20H24N4O2S.C2HF3O2/c1-15-6-7-17(27-15)13-24-10-8-20(14-24)11-18(22-26-20)19(25)23(2)12-16-5-3-4-9-21-16;3-2(4,5)1(6)7/h3-7,9H,8,10-14H2,1-2H3;(H,6,7). The van der Waals surface area contributed by atoms with E-state index in [0.29, 0.717) is 18.7 Å². The second kappa shape index (κ2) is 10.5. The molecule has 1 spiro atoms. The van der Waals surface area contributed by atoms with Crippen LogP contribution in [0.3, 0.4) is 0 Å². The molecule has 8 nitrogen and oxygen atoms in total. The number of halogens is 3. The molecule has 2 aliphatic heterocycles. The molecule has 0 aromatic carbocycles. The number of oxime groups is 1. The number of carboxylic acid groups (broad SMARTS) is 1. The predicted octanol–water partition coefficient (Wildman–Crippen LogP) is 3.46. The lowest BCUT2D eigenvalue weighted by Gasteiger charge is -2.22. The van der Waals surface area contributed by atoms with E-state index in [2.05, 4.69) is 34.1 Å². The minimum Gasteiger partial charge on any atom is -0.475 e. The van der Waals surface area contributed by atoms with Crippen LogP contribution in [0, 0.1) is 6.92 Å². The van der Waals surface area contributed by atoms with Gasteiger partial charge in [-0.25, -0.2) is 4.79 Å². The summed E-state index contributed by atoms with van der Waals surface area (Å²) in [5.74, 6) is -2.84. The van der Waals surface area contributed by atoms with Crippen molar-refractivity contribution in [1.29, 1.82) is 0 Å². The van der Waals surface area contributed by atoms with Gasteiger partial charge in [-0.3, -0.25) is 14.7 Å². The molecule has 4 heterocycles. The molecule has 0 saturated carbocycles. The minimum atomic E-state index is -5.08. The number of hydrogen-bond donors (Lipinski definition) is 1. The average Bonchev–Trinajstić information content (AvgIpc) is 3.49. The molecule has 0 radical (unpaired) electrons. The number of alkyl halides is 3. The summed E-state index contributed by atoms with van der Waals surface area (Å²) in [7, 11) is 1.78. The summed E-state index contributed by atoms with van der Waals surface area (Å²) in [6.45, 7) is 5.32. The highest BCUT2D eigenvalue weighted by molar-refractivity contribution is 7.11. The van der Waals surface area contributed by atoms with Gasteiger partial charge in [0.05, 0.1) is 12.2 Å². The van der Waals surface area contributed by atoms with Crippen LogP contribution in [0.5, 0.6) is 0 Å².